The normalized spacial score (nSPS) is 22.9. The van der Waals surface area contributed by atoms with Crippen molar-refractivity contribution in [1.29, 1.82) is 0 Å². The van der Waals surface area contributed by atoms with Crippen LogP contribution in [-0.4, -0.2) is 53.0 Å². The number of hydrazone groups is 1. The van der Waals surface area contributed by atoms with Crippen molar-refractivity contribution in [2.45, 2.75) is 19.4 Å². The van der Waals surface area contributed by atoms with Gasteiger partial charge in [-0.15, -0.1) is 0 Å². The smallest absolute Gasteiger partial charge is 0.189 e. The third kappa shape index (κ3) is 3.17. The van der Waals surface area contributed by atoms with Gasteiger partial charge in [0.25, 0.3) is 0 Å². The summed E-state index contributed by atoms with van der Waals surface area (Å²) < 4.78 is 19.0. The predicted molar refractivity (Wildman–Crippen MR) is 85.6 cm³/mol. The van der Waals surface area contributed by atoms with Gasteiger partial charge in [-0.3, -0.25) is 10.4 Å². The maximum Gasteiger partial charge on any atom is 0.189 e. The van der Waals surface area contributed by atoms with Crippen LogP contribution in [0.4, 0.5) is 4.39 Å². The lowest BCUT2D eigenvalue weighted by Crippen LogP contribution is -2.53. The van der Waals surface area contributed by atoms with E-state index in [4.69, 9.17) is 17.0 Å². The average Bonchev–Trinajstić information content (AvgIpc) is 2.53. The van der Waals surface area contributed by atoms with Gasteiger partial charge in [-0.1, -0.05) is 0 Å². The van der Waals surface area contributed by atoms with E-state index in [2.05, 4.69) is 32.7 Å². The number of rotatable bonds is 1. The van der Waals surface area contributed by atoms with Crippen LogP contribution in [0.2, 0.25) is 0 Å². The minimum atomic E-state index is -0.420. The third-order valence-corrected chi connectivity index (χ3v) is 4.01. The van der Waals surface area contributed by atoms with Crippen molar-refractivity contribution < 1.29 is 9.13 Å². The molecule has 1 aromatic rings. The number of fused-ring (bicyclic) bond motifs is 1. The number of piperazine rings is 1. The quantitative estimate of drug-likeness (QED) is 0.591. The monoisotopic (exact) mass is 323 g/mol. The number of hydrogen-bond donors (Lipinski definition) is 2. The van der Waals surface area contributed by atoms with Crippen LogP contribution >= 0.6 is 12.2 Å². The molecule has 2 aliphatic rings. The number of thiocarbonyl (C=S) groups is 1. The fourth-order valence-electron chi connectivity index (χ4n) is 2.55. The summed E-state index contributed by atoms with van der Waals surface area (Å²) in [6.45, 7) is 5.06. The van der Waals surface area contributed by atoms with Gasteiger partial charge in [0.05, 0.1) is 12.3 Å². The summed E-state index contributed by atoms with van der Waals surface area (Å²) >= 11 is 5.37. The first-order valence-corrected chi connectivity index (χ1v) is 7.68. The Morgan fingerprint density at radius 1 is 1.64 bits per heavy atom. The van der Waals surface area contributed by atoms with Gasteiger partial charge in [0.2, 0.25) is 0 Å². The summed E-state index contributed by atoms with van der Waals surface area (Å²) in [5.74, 6) is -0.257. The Morgan fingerprint density at radius 3 is 3.32 bits per heavy atom. The van der Waals surface area contributed by atoms with Crippen LogP contribution in [0.15, 0.2) is 17.4 Å². The van der Waals surface area contributed by atoms with Crippen LogP contribution in [0.5, 0.6) is 5.75 Å². The van der Waals surface area contributed by atoms with Crippen molar-refractivity contribution in [2.75, 3.05) is 26.2 Å². The Balaban J connectivity index is 1.71. The van der Waals surface area contributed by atoms with Gasteiger partial charge in [0.1, 0.15) is 5.69 Å². The lowest BCUT2D eigenvalue weighted by atomic mass is 10.1. The minimum absolute atomic E-state index is 0.163. The summed E-state index contributed by atoms with van der Waals surface area (Å²) in [4.78, 5) is 6.23. The molecule has 118 valence electrons. The second-order valence-electron chi connectivity index (χ2n) is 5.35. The Hall–Kier alpha value is -1.80. The second-order valence-corrected chi connectivity index (χ2v) is 5.73. The molecule has 0 spiro atoms. The Labute approximate surface area is 133 Å². The van der Waals surface area contributed by atoms with E-state index in [1.807, 2.05) is 0 Å². The highest BCUT2D eigenvalue weighted by atomic mass is 32.1. The van der Waals surface area contributed by atoms with Gasteiger partial charge < -0.3 is 15.0 Å². The predicted octanol–water partition coefficient (Wildman–Crippen LogP) is 0.876. The summed E-state index contributed by atoms with van der Waals surface area (Å²) in [6, 6.07) is 1.67. The molecule has 1 saturated heterocycles. The molecule has 1 atom stereocenters. The molecule has 1 aromatic heterocycles. The molecular formula is C14H18FN5OS. The molecule has 3 heterocycles. The molecule has 1 unspecified atom stereocenters. The van der Waals surface area contributed by atoms with Crippen molar-refractivity contribution >= 4 is 23.0 Å². The molecule has 22 heavy (non-hydrogen) atoms. The number of nitrogens with one attached hydrogen (secondary N) is 2. The molecule has 0 aliphatic carbocycles. The molecule has 2 N–H and O–H groups in total. The molecular weight excluding hydrogens is 305 g/mol. The zero-order valence-corrected chi connectivity index (χ0v) is 13.1. The van der Waals surface area contributed by atoms with Crippen LogP contribution in [0.25, 0.3) is 0 Å². The first-order valence-electron chi connectivity index (χ1n) is 7.27. The van der Waals surface area contributed by atoms with Crippen molar-refractivity contribution in [1.82, 2.24) is 20.6 Å². The van der Waals surface area contributed by atoms with Crippen molar-refractivity contribution in [3.8, 4) is 5.75 Å². The van der Waals surface area contributed by atoms with Crippen LogP contribution < -0.4 is 15.5 Å². The minimum Gasteiger partial charge on any atom is -0.488 e. The molecule has 1 fully saturated rings. The highest BCUT2D eigenvalue weighted by molar-refractivity contribution is 7.80. The average molecular weight is 323 g/mol. The number of nitrogens with zero attached hydrogens (tertiary/aromatic N) is 3. The van der Waals surface area contributed by atoms with Gasteiger partial charge in [-0.05, 0) is 25.2 Å². The maximum absolute atomic E-state index is 13.7. The van der Waals surface area contributed by atoms with Crippen molar-refractivity contribution in [2.24, 2.45) is 5.10 Å². The van der Waals surface area contributed by atoms with Gasteiger partial charge >= 0.3 is 0 Å². The lowest BCUT2D eigenvalue weighted by molar-refractivity contribution is 0.298. The van der Waals surface area contributed by atoms with E-state index >= 15 is 0 Å². The van der Waals surface area contributed by atoms with Crippen LogP contribution in [-0.2, 0) is 0 Å². The van der Waals surface area contributed by atoms with E-state index in [0.717, 1.165) is 19.6 Å². The number of pyridine rings is 1. The summed E-state index contributed by atoms with van der Waals surface area (Å²) in [5, 5.41) is 8.25. The number of aromatic nitrogens is 1. The van der Waals surface area contributed by atoms with Crippen LogP contribution in [0.1, 0.15) is 19.0 Å². The molecule has 0 aromatic carbocycles. The fraction of sp³-hybridized carbons (Fsp3) is 0.500. The van der Waals surface area contributed by atoms with E-state index in [1.54, 1.807) is 0 Å². The van der Waals surface area contributed by atoms with E-state index < -0.39 is 5.82 Å². The fourth-order valence-corrected chi connectivity index (χ4v) is 2.76. The zero-order chi connectivity index (χ0) is 15.5. The summed E-state index contributed by atoms with van der Waals surface area (Å²) in [7, 11) is 0. The number of halogens is 1. The maximum atomic E-state index is 13.7. The third-order valence-electron chi connectivity index (χ3n) is 3.66. The Morgan fingerprint density at radius 2 is 2.50 bits per heavy atom. The first kappa shape index (κ1) is 15.1. The molecule has 0 saturated carbocycles. The standard InChI is InChI=1S/C14H18FN5OS/c1-9-8-20(6-5-16-9)14(22)19-18-11-3-7-21-13-10(15)2-4-17-12(11)13/h2,4,9,16H,3,5-8H2,1H3,(H,19,22)/b18-11-. The molecule has 0 radical (unpaired) electrons. The van der Waals surface area contributed by atoms with E-state index in [1.165, 1.54) is 12.3 Å². The summed E-state index contributed by atoms with van der Waals surface area (Å²) in [5.41, 5.74) is 4.00. The largest absolute Gasteiger partial charge is 0.488 e. The topological polar surface area (TPSA) is 61.8 Å². The van der Waals surface area contributed by atoms with Gasteiger partial charge in [-0.25, -0.2) is 4.39 Å². The van der Waals surface area contributed by atoms with E-state index in [-0.39, 0.29) is 5.75 Å². The van der Waals surface area contributed by atoms with Crippen LogP contribution in [0, 0.1) is 5.82 Å². The van der Waals surface area contributed by atoms with Crippen molar-refractivity contribution in [3.05, 3.63) is 23.8 Å². The van der Waals surface area contributed by atoms with Gasteiger partial charge in [0, 0.05) is 38.3 Å². The van der Waals surface area contributed by atoms with Gasteiger partial charge in [-0.2, -0.15) is 5.10 Å². The first-order chi connectivity index (χ1) is 10.6. The van der Waals surface area contributed by atoms with Gasteiger partial charge in [0.15, 0.2) is 16.7 Å². The van der Waals surface area contributed by atoms with E-state index in [9.17, 15) is 4.39 Å². The second kappa shape index (κ2) is 6.53. The summed E-state index contributed by atoms with van der Waals surface area (Å²) in [6.07, 6.45) is 1.98. The number of ether oxygens (including phenoxy) is 1. The molecule has 0 bridgehead atoms. The lowest BCUT2D eigenvalue weighted by Gasteiger charge is -2.33. The SMILES string of the molecule is CC1CN(C(=S)N/N=C2/CCOc3c(F)ccnc32)CCN1. The van der Waals surface area contributed by atoms with E-state index in [0.29, 0.717) is 35.6 Å². The Kier molecular flexibility index (Phi) is 4.49. The molecule has 0 amide bonds. The number of hydrogen-bond acceptors (Lipinski definition) is 5. The van der Waals surface area contributed by atoms with Crippen LogP contribution in [0.3, 0.4) is 0 Å². The highest BCUT2D eigenvalue weighted by Gasteiger charge is 2.22. The molecule has 8 heteroatoms. The molecule has 6 nitrogen and oxygen atoms in total. The zero-order valence-electron chi connectivity index (χ0n) is 12.3. The Bertz CT molecular complexity index is 609. The molecule has 3 rings (SSSR count). The molecule has 2 aliphatic heterocycles. The van der Waals surface area contributed by atoms with Crippen molar-refractivity contribution in [3.63, 3.8) is 0 Å². The highest BCUT2D eigenvalue weighted by Crippen LogP contribution is 2.25.